The summed E-state index contributed by atoms with van der Waals surface area (Å²) >= 11 is 0. The molecule has 2 bridgehead atoms. The maximum Gasteiger partial charge on any atom is 0.471 e. The summed E-state index contributed by atoms with van der Waals surface area (Å²) in [6, 6.07) is 0.0920. The molecule has 5 atom stereocenters. The van der Waals surface area contributed by atoms with Crippen LogP contribution in [0.3, 0.4) is 0 Å². The molecule has 1 aromatic heterocycles. The average Bonchev–Trinajstić information content (AvgIpc) is 3.46. The van der Waals surface area contributed by atoms with Gasteiger partial charge in [0.25, 0.3) is 14.1 Å². The molecule has 2 fully saturated rings. The van der Waals surface area contributed by atoms with Crippen LogP contribution in [0.15, 0.2) is 15.8 Å². The second kappa shape index (κ2) is 15.3. The molecule has 3 rings (SSSR count). The zero-order valence-electron chi connectivity index (χ0n) is 25.4. The molecule has 3 N–H and O–H groups in total. The van der Waals surface area contributed by atoms with E-state index in [0.717, 1.165) is 4.57 Å². The number of amides is 2. The SMILES string of the molecule is [C-]#[N+]CCOP(O[C@@H]1C2OC[C@]1(CC)O[C@H]2n1cc(C#CCNC(=O)CNC(=O)C(F)(F)F)c(=O)[nH]c1=O)N(C(C)C)C(C)C. The zero-order chi connectivity index (χ0) is 33.5. The Balaban J connectivity index is 1.80. The molecule has 0 radical (unpaired) electrons. The Labute approximate surface area is 258 Å². The smallest absolute Gasteiger partial charge is 0.368 e. The first-order chi connectivity index (χ1) is 21.1. The number of aromatic amines is 1. The van der Waals surface area contributed by atoms with Gasteiger partial charge in [0.1, 0.15) is 30.0 Å². The molecule has 18 heteroatoms. The number of ether oxygens (including phenoxy) is 2. The predicted octanol–water partition coefficient (Wildman–Crippen LogP) is 1.43. The van der Waals surface area contributed by atoms with Gasteiger partial charge in [0.05, 0.1) is 19.7 Å². The summed E-state index contributed by atoms with van der Waals surface area (Å²) in [5, 5.41) is 3.62. The van der Waals surface area contributed by atoms with E-state index in [2.05, 4.69) is 31.7 Å². The van der Waals surface area contributed by atoms with Gasteiger partial charge in [-0.05, 0) is 34.1 Å². The summed E-state index contributed by atoms with van der Waals surface area (Å²) in [6.07, 6.45) is -5.90. The second-order valence-electron chi connectivity index (χ2n) is 10.7. The van der Waals surface area contributed by atoms with Crippen LogP contribution in [0.25, 0.3) is 4.85 Å². The number of hydrogen-bond acceptors (Lipinski definition) is 9. The first-order valence-electron chi connectivity index (χ1n) is 14.1. The molecule has 0 aliphatic carbocycles. The molecule has 45 heavy (non-hydrogen) atoms. The van der Waals surface area contributed by atoms with E-state index in [1.807, 2.05) is 34.6 Å². The Morgan fingerprint density at radius 2 is 1.98 bits per heavy atom. The fourth-order valence-electron chi connectivity index (χ4n) is 4.86. The zero-order valence-corrected chi connectivity index (χ0v) is 26.3. The van der Waals surface area contributed by atoms with Crippen LogP contribution in [0.2, 0.25) is 0 Å². The van der Waals surface area contributed by atoms with Gasteiger partial charge >= 0.3 is 17.8 Å². The van der Waals surface area contributed by atoms with Crippen molar-refractivity contribution in [2.45, 2.75) is 83.3 Å². The first-order valence-corrected chi connectivity index (χ1v) is 15.2. The molecular weight excluding hydrogens is 624 g/mol. The van der Waals surface area contributed by atoms with Gasteiger partial charge in [-0.3, -0.25) is 23.9 Å². The molecule has 2 aliphatic rings. The quantitative estimate of drug-likeness (QED) is 0.123. The van der Waals surface area contributed by atoms with Crippen LogP contribution in [-0.2, 0) is 28.1 Å². The molecule has 2 amide bonds. The molecule has 1 aromatic rings. The lowest BCUT2D eigenvalue weighted by molar-refractivity contribution is -0.175. The second-order valence-corrected chi connectivity index (χ2v) is 12.1. The number of rotatable bonds is 13. The summed E-state index contributed by atoms with van der Waals surface area (Å²) in [6.45, 7) is 16.2. The lowest BCUT2D eigenvalue weighted by Crippen LogP contribution is -2.43. The summed E-state index contributed by atoms with van der Waals surface area (Å²) in [4.78, 5) is 53.5. The van der Waals surface area contributed by atoms with Gasteiger partial charge in [-0.1, -0.05) is 18.8 Å². The molecule has 0 saturated carbocycles. The standard InChI is InChI=1S/C27H36F3N6O8P/c1-7-26-15-41-20(21(26)44-45(42-12-11-31-6)36(16(2)3)17(4)5)23(43-26)35-14-18(22(38)34-25(35)40)9-8-10-32-19(37)13-33-24(39)27(28,29)30/h14,16-17,20-21,23H,7,10-13,15H2,1-5H3,(H,32,37)(H,33,39)(H,34,38,40)/t20?,21-,23-,26+,45?/m1/s1. The number of aromatic nitrogens is 2. The minimum Gasteiger partial charge on any atom is -0.368 e. The van der Waals surface area contributed by atoms with Gasteiger partial charge in [0.15, 0.2) is 6.23 Å². The molecule has 2 aliphatic heterocycles. The lowest BCUT2D eigenvalue weighted by atomic mass is 9.96. The molecule has 2 saturated heterocycles. The van der Waals surface area contributed by atoms with Crippen LogP contribution in [0.1, 0.15) is 52.8 Å². The van der Waals surface area contributed by atoms with E-state index in [4.69, 9.17) is 25.1 Å². The molecule has 248 valence electrons. The van der Waals surface area contributed by atoms with Crippen molar-refractivity contribution in [3.63, 3.8) is 0 Å². The van der Waals surface area contributed by atoms with Crippen molar-refractivity contribution in [2.75, 3.05) is 32.8 Å². The Kier molecular flexibility index (Phi) is 12.3. The fourth-order valence-corrected chi connectivity index (χ4v) is 6.66. The van der Waals surface area contributed by atoms with E-state index < -0.39 is 68.3 Å². The van der Waals surface area contributed by atoms with E-state index in [9.17, 15) is 32.3 Å². The number of nitrogens with zero attached hydrogens (tertiary/aromatic N) is 3. The highest BCUT2D eigenvalue weighted by molar-refractivity contribution is 7.44. The molecule has 0 aromatic carbocycles. The van der Waals surface area contributed by atoms with E-state index in [1.54, 1.807) is 0 Å². The Hall–Kier alpha value is -3.31. The number of carbonyl (C=O) groups excluding carboxylic acids is 2. The molecule has 14 nitrogen and oxygen atoms in total. The monoisotopic (exact) mass is 660 g/mol. The summed E-state index contributed by atoms with van der Waals surface area (Å²) < 4.78 is 65.1. The van der Waals surface area contributed by atoms with Gasteiger partial charge in [-0.15, -0.1) is 0 Å². The average molecular weight is 661 g/mol. The van der Waals surface area contributed by atoms with E-state index in [-0.39, 0.29) is 44.0 Å². The van der Waals surface area contributed by atoms with Crippen LogP contribution in [0, 0.1) is 18.4 Å². The van der Waals surface area contributed by atoms with Crippen LogP contribution >= 0.6 is 8.53 Å². The number of H-pyrrole nitrogens is 1. The Bertz CT molecular complexity index is 1440. The van der Waals surface area contributed by atoms with E-state index >= 15 is 0 Å². The minimum atomic E-state index is -5.13. The van der Waals surface area contributed by atoms with E-state index in [1.165, 1.54) is 11.5 Å². The van der Waals surface area contributed by atoms with Crippen molar-refractivity contribution in [1.29, 1.82) is 0 Å². The van der Waals surface area contributed by atoms with Crippen LogP contribution in [0.5, 0.6) is 0 Å². The van der Waals surface area contributed by atoms with Gasteiger partial charge in [0, 0.05) is 18.3 Å². The molecular formula is C27H36F3N6O8P. The van der Waals surface area contributed by atoms with Gasteiger partial charge < -0.3 is 34.0 Å². The third-order valence-corrected chi connectivity index (χ3v) is 9.04. The van der Waals surface area contributed by atoms with Crippen molar-refractivity contribution >= 4 is 20.3 Å². The number of fused-ring (bicyclic) bond motifs is 2. The third-order valence-electron chi connectivity index (χ3n) is 6.93. The predicted molar refractivity (Wildman–Crippen MR) is 154 cm³/mol. The number of alkyl halides is 3. The summed E-state index contributed by atoms with van der Waals surface area (Å²) in [5.41, 5.74) is -2.69. The molecule has 3 heterocycles. The molecule has 2 unspecified atom stereocenters. The Morgan fingerprint density at radius 1 is 1.29 bits per heavy atom. The van der Waals surface area contributed by atoms with Gasteiger partial charge in [-0.2, -0.15) is 13.2 Å². The van der Waals surface area contributed by atoms with Crippen molar-refractivity contribution < 1.29 is 41.3 Å². The first kappa shape index (κ1) is 36.2. The highest BCUT2D eigenvalue weighted by Crippen LogP contribution is 2.55. The highest BCUT2D eigenvalue weighted by Gasteiger charge is 2.63. The summed E-state index contributed by atoms with van der Waals surface area (Å²) in [5.74, 6) is 1.81. The number of carbonyl (C=O) groups is 2. The van der Waals surface area contributed by atoms with Crippen molar-refractivity contribution in [3.8, 4) is 11.8 Å². The topological polar surface area (TPSA) is 158 Å². The van der Waals surface area contributed by atoms with Crippen molar-refractivity contribution in [1.82, 2.24) is 24.9 Å². The van der Waals surface area contributed by atoms with Crippen molar-refractivity contribution in [2.24, 2.45) is 0 Å². The molecule has 0 spiro atoms. The number of nitrogens with one attached hydrogen (secondary N) is 3. The third kappa shape index (κ3) is 8.70. The highest BCUT2D eigenvalue weighted by atomic mass is 31.2. The minimum absolute atomic E-state index is 0.0460. The van der Waals surface area contributed by atoms with Crippen LogP contribution < -0.4 is 21.9 Å². The summed E-state index contributed by atoms with van der Waals surface area (Å²) in [7, 11) is -1.66. The number of halogens is 3. The van der Waals surface area contributed by atoms with Gasteiger partial charge in [-0.25, -0.2) is 16.0 Å². The maximum absolute atomic E-state index is 12.9. The maximum atomic E-state index is 12.9. The van der Waals surface area contributed by atoms with Crippen LogP contribution in [-0.4, -0.2) is 95.0 Å². The fraction of sp³-hybridized carbons (Fsp3) is 0.667. The van der Waals surface area contributed by atoms with Crippen molar-refractivity contribution in [3.05, 3.63) is 44.0 Å². The normalized spacial score (nSPS) is 23.1. The van der Waals surface area contributed by atoms with E-state index in [0.29, 0.717) is 6.42 Å². The van der Waals surface area contributed by atoms with Gasteiger partial charge in [0.2, 0.25) is 12.5 Å². The lowest BCUT2D eigenvalue weighted by Gasteiger charge is -2.38. The number of hydrogen-bond donors (Lipinski definition) is 3. The Morgan fingerprint density at radius 3 is 2.58 bits per heavy atom. The van der Waals surface area contributed by atoms with Crippen LogP contribution in [0.4, 0.5) is 13.2 Å². The largest absolute Gasteiger partial charge is 0.471 e.